The zero-order valence-electron chi connectivity index (χ0n) is 13.9. The molecule has 0 aliphatic carbocycles. The fraction of sp³-hybridized carbons (Fsp3) is 0.765. The molecule has 0 saturated heterocycles. The Morgan fingerprint density at radius 3 is 2.14 bits per heavy atom. The zero-order valence-corrected chi connectivity index (χ0v) is 13.9. The van der Waals surface area contributed by atoms with Crippen LogP contribution in [0.25, 0.3) is 0 Å². The van der Waals surface area contributed by atoms with Crippen LogP contribution in [0, 0.1) is 23.7 Å². The Morgan fingerprint density at radius 1 is 1.19 bits per heavy atom. The molecule has 0 aromatic rings. The molecule has 0 spiro atoms. The number of carbonyl (C=O) groups is 2. The van der Waals surface area contributed by atoms with E-state index in [0.29, 0.717) is 12.8 Å². The van der Waals surface area contributed by atoms with E-state index in [1.165, 1.54) is 6.92 Å². The Hall–Kier alpha value is -1.00. The number of carbonyl (C=O) groups excluding carboxylic acids is 2. The molecule has 0 aromatic heterocycles. The van der Waals surface area contributed by atoms with Gasteiger partial charge in [-0.05, 0) is 32.6 Å². The normalized spacial score (nSPS) is 19.0. The zero-order chi connectivity index (χ0) is 16.6. The first-order chi connectivity index (χ1) is 9.81. The van der Waals surface area contributed by atoms with Crippen molar-refractivity contribution in [2.75, 3.05) is 6.61 Å². The summed E-state index contributed by atoms with van der Waals surface area (Å²) in [5.74, 6) is -2.08. The molecule has 0 saturated carbocycles. The Labute approximate surface area is 128 Å². The van der Waals surface area contributed by atoms with E-state index >= 15 is 0 Å². The fourth-order valence-corrected chi connectivity index (χ4v) is 2.67. The maximum atomic E-state index is 12.6. The van der Waals surface area contributed by atoms with Crippen LogP contribution in [0.2, 0.25) is 0 Å². The molecular formula is C17H30O4. The monoisotopic (exact) mass is 298 g/mol. The van der Waals surface area contributed by atoms with E-state index in [1.807, 2.05) is 32.9 Å². The van der Waals surface area contributed by atoms with Gasteiger partial charge in [0.1, 0.15) is 11.6 Å². The number of rotatable bonds is 10. The van der Waals surface area contributed by atoms with E-state index in [1.54, 1.807) is 6.92 Å². The maximum absolute atomic E-state index is 12.6. The van der Waals surface area contributed by atoms with E-state index in [9.17, 15) is 19.8 Å². The molecule has 4 nitrogen and oxygen atoms in total. The van der Waals surface area contributed by atoms with Crippen LogP contribution < -0.4 is 0 Å². The maximum Gasteiger partial charge on any atom is 0.142 e. The van der Waals surface area contributed by atoms with Gasteiger partial charge in [0, 0.05) is 17.8 Å². The van der Waals surface area contributed by atoms with Gasteiger partial charge in [0.2, 0.25) is 0 Å². The van der Waals surface area contributed by atoms with Gasteiger partial charge in [-0.2, -0.15) is 0 Å². The van der Waals surface area contributed by atoms with Crippen molar-refractivity contribution in [2.24, 2.45) is 23.7 Å². The third-order valence-electron chi connectivity index (χ3n) is 4.32. The number of ketones is 2. The molecule has 0 aromatic carbocycles. The summed E-state index contributed by atoms with van der Waals surface area (Å²) in [7, 11) is 0. The van der Waals surface area contributed by atoms with Gasteiger partial charge in [-0.1, -0.05) is 32.9 Å². The predicted octanol–water partition coefficient (Wildman–Crippen LogP) is 2.38. The van der Waals surface area contributed by atoms with Crippen LogP contribution in [0.1, 0.15) is 47.5 Å². The molecule has 0 rings (SSSR count). The van der Waals surface area contributed by atoms with Crippen LogP contribution in [0.5, 0.6) is 0 Å². The largest absolute Gasteiger partial charge is 0.396 e. The third kappa shape index (κ3) is 5.71. The Morgan fingerprint density at radius 2 is 1.76 bits per heavy atom. The second kappa shape index (κ2) is 9.85. The molecule has 122 valence electrons. The first-order valence-corrected chi connectivity index (χ1v) is 7.75. The van der Waals surface area contributed by atoms with Gasteiger partial charge in [-0.15, -0.1) is 0 Å². The second-order valence-electron chi connectivity index (χ2n) is 5.88. The van der Waals surface area contributed by atoms with Gasteiger partial charge in [0.15, 0.2) is 0 Å². The molecule has 21 heavy (non-hydrogen) atoms. The SMILES string of the molecule is C/C=C/C[C@@H](C)[C@@H](O)[C@H](CC)C(=O)C(C)[C@H](CO)C(C)=O. The van der Waals surface area contributed by atoms with Crippen molar-refractivity contribution < 1.29 is 19.8 Å². The molecule has 5 atom stereocenters. The highest BCUT2D eigenvalue weighted by Crippen LogP contribution is 2.26. The molecule has 0 aliphatic heterocycles. The predicted molar refractivity (Wildman–Crippen MR) is 83.8 cm³/mol. The molecule has 0 fully saturated rings. The van der Waals surface area contributed by atoms with Crippen LogP contribution in [0.4, 0.5) is 0 Å². The highest BCUT2D eigenvalue weighted by Gasteiger charge is 2.35. The molecule has 0 heterocycles. The summed E-state index contributed by atoms with van der Waals surface area (Å²) in [6.45, 7) is 8.42. The summed E-state index contributed by atoms with van der Waals surface area (Å²) in [6, 6.07) is 0. The Balaban J connectivity index is 5.00. The first kappa shape index (κ1) is 20.0. The summed E-state index contributed by atoms with van der Waals surface area (Å²) >= 11 is 0. The standard InChI is InChI=1S/C17H30O4/c1-6-8-9-11(3)16(20)14(7-2)17(21)12(4)15(10-18)13(5)19/h6,8,11-12,14-16,18,20H,7,9-10H2,1-5H3/b8-6+/t11-,12?,14+,15+,16-/m1/s1. The van der Waals surface area contributed by atoms with Gasteiger partial charge in [-0.3, -0.25) is 9.59 Å². The highest BCUT2D eigenvalue weighted by atomic mass is 16.3. The van der Waals surface area contributed by atoms with Crippen molar-refractivity contribution in [2.45, 2.75) is 53.6 Å². The average Bonchev–Trinajstić information content (AvgIpc) is 2.45. The summed E-state index contributed by atoms with van der Waals surface area (Å²) in [5.41, 5.74) is 0. The van der Waals surface area contributed by atoms with Gasteiger partial charge in [0.25, 0.3) is 0 Å². The highest BCUT2D eigenvalue weighted by molar-refractivity contribution is 5.90. The van der Waals surface area contributed by atoms with Crippen LogP contribution in [0.3, 0.4) is 0 Å². The first-order valence-electron chi connectivity index (χ1n) is 7.75. The van der Waals surface area contributed by atoms with E-state index in [2.05, 4.69) is 0 Å². The summed E-state index contributed by atoms with van der Waals surface area (Å²) < 4.78 is 0. The molecular weight excluding hydrogens is 268 g/mol. The van der Waals surface area contributed by atoms with Gasteiger partial charge < -0.3 is 10.2 Å². The summed E-state index contributed by atoms with van der Waals surface area (Å²) in [4.78, 5) is 24.1. The minimum absolute atomic E-state index is 0.0211. The summed E-state index contributed by atoms with van der Waals surface area (Å²) in [5, 5.41) is 19.7. The minimum atomic E-state index is -0.729. The Bertz CT molecular complexity index is 362. The number of aliphatic hydroxyl groups excluding tert-OH is 2. The van der Waals surface area contributed by atoms with Crippen molar-refractivity contribution in [1.29, 1.82) is 0 Å². The van der Waals surface area contributed by atoms with Crippen molar-refractivity contribution in [3.63, 3.8) is 0 Å². The van der Waals surface area contributed by atoms with E-state index in [-0.39, 0.29) is 24.1 Å². The lowest BCUT2D eigenvalue weighted by Gasteiger charge is -2.29. The van der Waals surface area contributed by atoms with Crippen LogP contribution >= 0.6 is 0 Å². The van der Waals surface area contributed by atoms with Crippen LogP contribution in [-0.4, -0.2) is 34.5 Å². The molecule has 1 unspecified atom stereocenters. The summed E-state index contributed by atoms with van der Waals surface area (Å²) in [6.07, 6.45) is 4.41. The topological polar surface area (TPSA) is 74.6 Å². The Kier molecular flexibility index (Phi) is 9.38. The molecule has 2 N–H and O–H groups in total. The molecule has 0 amide bonds. The number of aliphatic hydroxyl groups is 2. The molecule has 0 aliphatic rings. The van der Waals surface area contributed by atoms with Crippen LogP contribution in [-0.2, 0) is 9.59 Å². The smallest absolute Gasteiger partial charge is 0.142 e. The van der Waals surface area contributed by atoms with E-state index < -0.39 is 23.9 Å². The van der Waals surface area contributed by atoms with Crippen LogP contribution in [0.15, 0.2) is 12.2 Å². The molecule has 0 radical (unpaired) electrons. The van der Waals surface area contributed by atoms with Gasteiger partial charge >= 0.3 is 0 Å². The second-order valence-corrected chi connectivity index (χ2v) is 5.88. The minimum Gasteiger partial charge on any atom is -0.396 e. The van der Waals surface area contributed by atoms with Gasteiger partial charge in [-0.25, -0.2) is 0 Å². The molecule has 0 bridgehead atoms. The quantitative estimate of drug-likeness (QED) is 0.607. The lowest BCUT2D eigenvalue weighted by molar-refractivity contribution is -0.138. The van der Waals surface area contributed by atoms with Crippen molar-refractivity contribution >= 4 is 11.6 Å². The number of allylic oxidation sites excluding steroid dienone is 2. The fourth-order valence-electron chi connectivity index (χ4n) is 2.67. The molecule has 4 heteroatoms. The third-order valence-corrected chi connectivity index (χ3v) is 4.32. The number of hydrogen-bond acceptors (Lipinski definition) is 4. The van der Waals surface area contributed by atoms with Crippen molar-refractivity contribution in [1.82, 2.24) is 0 Å². The lowest BCUT2D eigenvalue weighted by atomic mass is 9.77. The number of Topliss-reactive ketones (excluding diaryl/α,β-unsaturated/α-hetero) is 2. The van der Waals surface area contributed by atoms with Gasteiger partial charge in [0.05, 0.1) is 12.7 Å². The average molecular weight is 298 g/mol. The van der Waals surface area contributed by atoms with Crippen molar-refractivity contribution in [3.8, 4) is 0 Å². The van der Waals surface area contributed by atoms with E-state index in [4.69, 9.17) is 0 Å². The number of hydrogen-bond donors (Lipinski definition) is 2. The van der Waals surface area contributed by atoms with E-state index in [0.717, 1.165) is 0 Å². The lowest BCUT2D eigenvalue weighted by Crippen LogP contribution is -2.39. The van der Waals surface area contributed by atoms with Crippen molar-refractivity contribution in [3.05, 3.63) is 12.2 Å².